The fourth-order valence-corrected chi connectivity index (χ4v) is 3.24. The molecule has 0 aliphatic heterocycles. The van der Waals surface area contributed by atoms with Crippen LogP contribution < -0.4 is 10.5 Å². The number of benzene rings is 3. The summed E-state index contributed by atoms with van der Waals surface area (Å²) in [5.74, 6) is 0.836. The fourth-order valence-electron chi connectivity index (χ4n) is 3.24. The Bertz CT molecular complexity index is 917. The van der Waals surface area contributed by atoms with Gasteiger partial charge < -0.3 is 10.5 Å². The van der Waals surface area contributed by atoms with E-state index in [9.17, 15) is 4.79 Å². The van der Waals surface area contributed by atoms with E-state index in [1.165, 1.54) is 10.8 Å². The molecule has 1 aliphatic rings. The predicted molar refractivity (Wildman–Crippen MR) is 95.3 cm³/mol. The van der Waals surface area contributed by atoms with Crippen molar-refractivity contribution in [3.05, 3.63) is 77.4 Å². The van der Waals surface area contributed by atoms with E-state index in [4.69, 9.17) is 10.5 Å². The average molecular weight is 317 g/mol. The van der Waals surface area contributed by atoms with Crippen molar-refractivity contribution >= 4 is 16.6 Å². The van der Waals surface area contributed by atoms with Gasteiger partial charge in [-0.2, -0.15) is 0 Å². The maximum Gasteiger partial charge on any atom is 0.179 e. The van der Waals surface area contributed by atoms with Crippen molar-refractivity contribution in [1.29, 1.82) is 0 Å². The van der Waals surface area contributed by atoms with E-state index < -0.39 is 0 Å². The molecular weight excluding hydrogens is 298 g/mol. The van der Waals surface area contributed by atoms with Crippen molar-refractivity contribution in [2.45, 2.75) is 25.5 Å². The number of rotatable bonds is 3. The molecule has 0 amide bonds. The molecular formula is C21H19NO2. The lowest BCUT2D eigenvalue weighted by Crippen LogP contribution is -2.35. The summed E-state index contributed by atoms with van der Waals surface area (Å²) in [5.41, 5.74) is 8.74. The van der Waals surface area contributed by atoms with E-state index in [2.05, 4.69) is 30.3 Å². The number of hydrogen-bond acceptors (Lipinski definition) is 3. The van der Waals surface area contributed by atoms with E-state index in [0.29, 0.717) is 13.0 Å². The van der Waals surface area contributed by atoms with Gasteiger partial charge in [-0.1, -0.05) is 36.4 Å². The van der Waals surface area contributed by atoms with E-state index in [-0.39, 0.29) is 11.8 Å². The Hall–Kier alpha value is -2.65. The van der Waals surface area contributed by atoms with Crippen molar-refractivity contribution in [3.8, 4) is 5.75 Å². The largest absolute Gasteiger partial charge is 0.489 e. The number of ether oxygens (including phenoxy) is 1. The third-order valence-corrected chi connectivity index (χ3v) is 4.62. The van der Waals surface area contributed by atoms with E-state index >= 15 is 0 Å². The van der Waals surface area contributed by atoms with Crippen LogP contribution in [0.1, 0.15) is 27.9 Å². The summed E-state index contributed by atoms with van der Waals surface area (Å²) in [7, 11) is 0. The fraction of sp³-hybridized carbons (Fsp3) is 0.190. The van der Waals surface area contributed by atoms with Crippen molar-refractivity contribution in [3.63, 3.8) is 0 Å². The van der Waals surface area contributed by atoms with Crippen molar-refractivity contribution in [2.75, 3.05) is 0 Å². The summed E-state index contributed by atoms with van der Waals surface area (Å²) in [6.45, 7) is 0.511. The van der Waals surface area contributed by atoms with Gasteiger partial charge in [-0.05, 0) is 59.0 Å². The molecule has 0 saturated heterocycles. The van der Waals surface area contributed by atoms with Crippen LogP contribution in [0.5, 0.6) is 5.75 Å². The Morgan fingerprint density at radius 1 is 1.00 bits per heavy atom. The molecule has 0 radical (unpaired) electrons. The summed E-state index contributed by atoms with van der Waals surface area (Å²) in [5, 5.41) is 2.44. The second-order valence-corrected chi connectivity index (χ2v) is 6.30. The summed E-state index contributed by atoms with van der Waals surface area (Å²) in [6.07, 6.45) is 1.54. The van der Waals surface area contributed by atoms with Gasteiger partial charge in [0.2, 0.25) is 0 Å². The molecule has 3 nitrogen and oxygen atoms in total. The van der Waals surface area contributed by atoms with Gasteiger partial charge in [0.1, 0.15) is 12.4 Å². The molecule has 3 heteroatoms. The standard InChI is InChI=1S/C21H19NO2/c22-20-10-7-17-12-18(8-9-19(17)21(20)23)24-13-14-5-6-15-3-1-2-4-16(15)11-14/h1-6,8-9,11-12,20H,7,10,13,22H2. The minimum atomic E-state index is -0.359. The first-order valence-electron chi connectivity index (χ1n) is 8.24. The Balaban J connectivity index is 1.52. The molecule has 3 aromatic rings. The number of carbonyl (C=O) groups excluding carboxylic acids is 1. The molecule has 1 atom stereocenters. The molecule has 0 saturated carbocycles. The number of aryl methyl sites for hydroxylation is 1. The Kier molecular flexibility index (Phi) is 3.79. The topological polar surface area (TPSA) is 52.3 Å². The smallest absolute Gasteiger partial charge is 0.179 e. The number of nitrogens with two attached hydrogens (primary N) is 1. The lowest BCUT2D eigenvalue weighted by molar-refractivity contribution is 0.0948. The molecule has 1 aliphatic carbocycles. The first-order valence-corrected chi connectivity index (χ1v) is 8.24. The van der Waals surface area contributed by atoms with Crippen LogP contribution in [0.3, 0.4) is 0 Å². The average Bonchev–Trinajstić information content (AvgIpc) is 2.63. The Morgan fingerprint density at radius 2 is 1.83 bits per heavy atom. The third kappa shape index (κ3) is 2.79. The third-order valence-electron chi connectivity index (χ3n) is 4.62. The first kappa shape index (κ1) is 14.9. The molecule has 0 spiro atoms. The highest BCUT2D eigenvalue weighted by molar-refractivity contribution is 6.02. The normalized spacial score (nSPS) is 16.9. The minimum absolute atomic E-state index is 0.0392. The number of ketones is 1. The molecule has 4 rings (SSSR count). The second-order valence-electron chi connectivity index (χ2n) is 6.30. The maximum atomic E-state index is 12.1. The Morgan fingerprint density at radius 3 is 2.71 bits per heavy atom. The van der Waals surface area contributed by atoms with Gasteiger partial charge in [-0.3, -0.25) is 4.79 Å². The molecule has 0 bridgehead atoms. The Labute approximate surface area is 141 Å². The zero-order valence-electron chi connectivity index (χ0n) is 13.4. The maximum absolute atomic E-state index is 12.1. The van der Waals surface area contributed by atoms with Gasteiger partial charge >= 0.3 is 0 Å². The van der Waals surface area contributed by atoms with Crippen molar-refractivity contribution in [2.24, 2.45) is 5.73 Å². The van der Waals surface area contributed by atoms with Crippen LogP contribution in [0.4, 0.5) is 0 Å². The SMILES string of the molecule is NC1CCc2cc(OCc3ccc4ccccc4c3)ccc2C1=O. The summed E-state index contributed by atoms with van der Waals surface area (Å²) < 4.78 is 5.93. The van der Waals surface area contributed by atoms with Crippen LogP contribution in [0.25, 0.3) is 10.8 Å². The number of hydrogen-bond donors (Lipinski definition) is 1. The highest BCUT2D eigenvalue weighted by Gasteiger charge is 2.24. The molecule has 0 aromatic heterocycles. The number of Topliss-reactive ketones (excluding diaryl/α,β-unsaturated/α-hetero) is 1. The molecule has 1 unspecified atom stereocenters. The van der Waals surface area contributed by atoms with Gasteiger partial charge in [0.15, 0.2) is 5.78 Å². The van der Waals surface area contributed by atoms with Crippen molar-refractivity contribution < 1.29 is 9.53 Å². The molecule has 2 N–H and O–H groups in total. The van der Waals surface area contributed by atoms with Crippen LogP contribution >= 0.6 is 0 Å². The highest BCUT2D eigenvalue weighted by Crippen LogP contribution is 2.26. The second kappa shape index (κ2) is 6.10. The first-order chi connectivity index (χ1) is 11.7. The minimum Gasteiger partial charge on any atom is -0.489 e. The van der Waals surface area contributed by atoms with Crippen LogP contribution in [-0.2, 0) is 13.0 Å². The predicted octanol–water partition coefficient (Wildman–Crippen LogP) is 3.88. The lowest BCUT2D eigenvalue weighted by Gasteiger charge is -2.20. The van der Waals surface area contributed by atoms with Crippen molar-refractivity contribution in [1.82, 2.24) is 0 Å². The number of fused-ring (bicyclic) bond motifs is 2. The lowest BCUT2D eigenvalue weighted by atomic mass is 9.87. The monoisotopic (exact) mass is 317 g/mol. The van der Waals surface area contributed by atoms with E-state index in [0.717, 1.165) is 28.9 Å². The quantitative estimate of drug-likeness (QED) is 0.797. The number of carbonyl (C=O) groups is 1. The zero-order chi connectivity index (χ0) is 16.5. The summed E-state index contributed by atoms with van der Waals surface area (Å²) >= 11 is 0. The van der Waals surface area contributed by atoms with E-state index in [1.54, 1.807) is 0 Å². The van der Waals surface area contributed by atoms with Crippen LogP contribution in [0.15, 0.2) is 60.7 Å². The van der Waals surface area contributed by atoms with Gasteiger partial charge in [-0.25, -0.2) is 0 Å². The summed E-state index contributed by atoms with van der Waals surface area (Å²) in [4.78, 5) is 12.1. The molecule has 3 aromatic carbocycles. The summed E-state index contributed by atoms with van der Waals surface area (Å²) in [6, 6.07) is 19.9. The van der Waals surface area contributed by atoms with Gasteiger partial charge in [0.25, 0.3) is 0 Å². The zero-order valence-corrected chi connectivity index (χ0v) is 13.4. The van der Waals surface area contributed by atoms with Crippen LogP contribution in [-0.4, -0.2) is 11.8 Å². The van der Waals surface area contributed by atoms with Gasteiger partial charge in [0.05, 0.1) is 6.04 Å². The van der Waals surface area contributed by atoms with Crippen LogP contribution in [0, 0.1) is 0 Å². The molecule has 0 heterocycles. The van der Waals surface area contributed by atoms with Gasteiger partial charge in [0, 0.05) is 5.56 Å². The van der Waals surface area contributed by atoms with E-state index in [1.807, 2.05) is 30.3 Å². The molecule has 0 fully saturated rings. The van der Waals surface area contributed by atoms with Gasteiger partial charge in [-0.15, -0.1) is 0 Å². The molecule has 120 valence electrons. The highest BCUT2D eigenvalue weighted by atomic mass is 16.5. The molecule has 24 heavy (non-hydrogen) atoms. The van der Waals surface area contributed by atoms with Crippen LogP contribution in [0.2, 0.25) is 0 Å².